The predicted molar refractivity (Wildman–Crippen MR) is 71.7 cm³/mol. The van der Waals surface area contributed by atoms with Gasteiger partial charge in [0.2, 0.25) is 0 Å². The molecule has 0 aliphatic carbocycles. The highest BCUT2D eigenvalue weighted by molar-refractivity contribution is 5.68. The number of aromatic nitrogens is 1. The van der Waals surface area contributed by atoms with Gasteiger partial charge in [-0.05, 0) is 24.6 Å². The third kappa shape index (κ3) is 5.84. The maximum Gasteiger partial charge on any atom is 0.0698 e. The molecule has 0 aliphatic heterocycles. The summed E-state index contributed by atoms with van der Waals surface area (Å²) >= 11 is 0. The molecule has 0 N–H and O–H groups in total. The van der Waals surface area contributed by atoms with E-state index in [-0.39, 0.29) is 0 Å². The van der Waals surface area contributed by atoms with Crippen LogP contribution in [0.5, 0.6) is 0 Å². The Morgan fingerprint density at radius 3 is 2.13 bits per heavy atom. The van der Waals surface area contributed by atoms with Crippen molar-refractivity contribution in [3.05, 3.63) is 42.7 Å². The second-order valence-electron chi connectivity index (χ2n) is 2.42. The van der Waals surface area contributed by atoms with Crippen molar-refractivity contribution in [3.8, 4) is 0 Å². The van der Waals surface area contributed by atoms with Crippen LogP contribution in [0.1, 0.15) is 45.9 Å². The molecule has 1 aromatic rings. The van der Waals surface area contributed by atoms with Crippen LogP contribution in [0.4, 0.5) is 0 Å². The Morgan fingerprint density at radius 1 is 1.27 bits per heavy atom. The maximum absolute atomic E-state index is 4.14. The number of hydrogen-bond acceptors (Lipinski definition) is 1. The Balaban J connectivity index is 0. The van der Waals surface area contributed by atoms with Gasteiger partial charge in [-0.15, -0.1) is 0 Å². The summed E-state index contributed by atoms with van der Waals surface area (Å²) in [6, 6.07) is 3.89. The van der Waals surface area contributed by atoms with E-state index in [2.05, 4.69) is 18.1 Å². The van der Waals surface area contributed by atoms with Crippen molar-refractivity contribution in [3.63, 3.8) is 0 Å². The van der Waals surface area contributed by atoms with E-state index < -0.39 is 0 Å². The molecule has 84 valence electrons. The molecule has 0 radical (unpaired) electrons. The normalized spacial score (nSPS) is 7.53. The molecule has 1 nitrogen and oxygen atoms in total. The van der Waals surface area contributed by atoms with Crippen LogP contribution in [0, 0.1) is 0 Å². The summed E-state index contributed by atoms with van der Waals surface area (Å²) in [6.07, 6.45) is 3.49. The Bertz CT molecular complexity index is 287. The van der Waals surface area contributed by atoms with Crippen molar-refractivity contribution in [1.82, 2.24) is 4.98 Å². The second kappa shape index (κ2) is 10.7. The number of rotatable bonds is 2. The molecule has 0 bridgehead atoms. The number of nitrogens with zero attached hydrogens (tertiary/aromatic N) is 1. The fourth-order valence-corrected chi connectivity index (χ4v) is 0.941. The molecule has 0 aliphatic rings. The summed E-state index contributed by atoms with van der Waals surface area (Å²) < 4.78 is 0. The van der Waals surface area contributed by atoms with Crippen LogP contribution in [0.25, 0.3) is 11.6 Å². The Kier molecular flexibility index (Phi) is 11.5. The van der Waals surface area contributed by atoms with E-state index in [1.165, 1.54) is 0 Å². The van der Waals surface area contributed by atoms with Gasteiger partial charge in [0.1, 0.15) is 0 Å². The smallest absolute Gasteiger partial charge is 0.0698 e. The first kappa shape index (κ1) is 16.1. The fraction of sp³-hybridized carbons (Fsp3) is 0.357. The van der Waals surface area contributed by atoms with E-state index in [0.29, 0.717) is 0 Å². The van der Waals surface area contributed by atoms with E-state index in [9.17, 15) is 0 Å². The molecule has 1 heterocycles. The van der Waals surface area contributed by atoms with E-state index in [4.69, 9.17) is 0 Å². The van der Waals surface area contributed by atoms with Gasteiger partial charge in [-0.1, -0.05) is 46.9 Å². The summed E-state index contributed by atoms with van der Waals surface area (Å²) in [5.74, 6) is 0. The molecule has 1 heteroatoms. The third-order valence-electron chi connectivity index (χ3n) is 1.49. The Morgan fingerprint density at radius 2 is 1.80 bits per heavy atom. The molecular formula is C14H23N. The quantitative estimate of drug-likeness (QED) is 0.675. The van der Waals surface area contributed by atoms with Gasteiger partial charge in [-0.2, -0.15) is 0 Å². The average Bonchev–Trinajstić information content (AvgIpc) is 2.34. The van der Waals surface area contributed by atoms with Crippen LogP contribution in [-0.2, 0) is 0 Å². The largest absolute Gasteiger partial charge is 0.256 e. The SMILES string of the molecule is C=Cc1ncccc1C(=C)C.CC.CC. The van der Waals surface area contributed by atoms with Crippen LogP contribution < -0.4 is 0 Å². The van der Waals surface area contributed by atoms with Crippen LogP contribution in [0.2, 0.25) is 0 Å². The van der Waals surface area contributed by atoms with E-state index in [1.54, 1.807) is 12.3 Å². The zero-order valence-corrected chi connectivity index (χ0v) is 10.7. The zero-order chi connectivity index (χ0) is 12.3. The molecule has 0 aromatic carbocycles. The van der Waals surface area contributed by atoms with Crippen LogP contribution in [-0.4, -0.2) is 4.98 Å². The molecule has 0 saturated heterocycles. The van der Waals surface area contributed by atoms with Crippen molar-refractivity contribution in [2.75, 3.05) is 0 Å². The summed E-state index contributed by atoms with van der Waals surface area (Å²) in [5, 5.41) is 0. The highest BCUT2D eigenvalue weighted by Gasteiger charge is 1.97. The number of hydrogen-bond donors (Lipinski definition) is 0. The predicted octanol–water partition coefficient (Wildman–Crippen LogP) is 4.81. The lowest BCUT2D eigenvalue weighted by Gasteiger charge is -2.01. The van der Waals surface area contributed by atoms with Crippen molar-refractivity contribution < 1.29 is 0 Å². The lowest BCUT2D eigenvalue weighted by Crippen LogP contribution is -1.86. The van der Waals surface area contributed by atoms with Gasteiger partial charge in [0.25, 0.3) is 0 Å². The van der Waals surface area contributed by atoms with Gasteiger partial charge in [0.15, 0.2) is 0 Å². The highest BCUT2D eigenvalue weighted by atomic mass is 14.7. The maximum atomic E-state index is 4.14. The molecular weight excluding hydrogens is 182 g/mol. The average molecular weight is 205 g/mol. The third-order valence-corrected chi connectivity index (χ3v) is 1.49. The van der Waals surface area contributed by atoms with Crippen molar-refractivity contribution in [1.29, 1.82) is 0 Å². The van der Waals surface area contributed by atoms with Gasteiger partial charge in [0, 0.05) is 11.8 Å². The second-order valence-corrected chi connectivity index (χ2v) is 2.42. The van der Waals surface area contributed by atoms with Crippen LogP contribution in [0.3, 0.4) is 0 Å². The lowest BCUT2D eigenvalue weighted by atomic mass is 10.1. The van der Waals surface area contributed by atoms with E-state index in [0.717, 1.165) is 16.8 Å². The Hall–Kier alpha value is -1.37. The first-order valence-electron chi connectivity index (χ1n) is 5.49. The summed E-state index contributed by atoms with van der Waals surface area (Å²) in [7, 11) is 0. The molecule has 1 rings (SSSR count). The number of pyridine rings is 1. The number of allylic oxidation sites excluding steroid dienone is 1. The topological polar surface area (TPSA) is 12.9 Å². The monoisotopic (exact) mass is 205 g/mol. The minimum atomic E-state index is 0.903. The highest BCUT2D eigenvalue weighted by Crippen LogP contribution is 2.14. The zero-order valence-electron chi connectivity index (χ0n) is 10.7. The van der Waals surface area contributed by atoms with Crippen LogP contribution in [0.15, 0.2) is 31.5 Å². The molecule has 15 heavy (non-hydrogen) atoms. The molecule has 0 spiro atoms. The summed E-state index contributed by atoms with van der Waals surface area (Å²) in [6.45, 7) is 17.5. The van der Waals surface area contributed by atoms with Gasteiger partial charge >= 0.3 is 0 Å². The van der Waals surface area contributed by atoms with Crippen LogP contribution >= 0.6 is 0 Å². The Labute approximate surface area is 94.6 Å². The van der Waals surface area contributed by atoms with Gasteiger partial charge in [-0.25, -0.2) is 0 Å². The van der Waals surface area contributed by atoms with Crippen molar-refractivity contribution in [2.45, 2.75) is 34.6 Å². The standard InChI is InChI=1S/C10H11N.2C2H6/c1-4-10-9(8(2)3)6-5-7-11-10;2*1-2/h4-7H,1-2H2,3H3;2*1-2H3. The van der Waals surface area contributed by atoms with Gasteiger partial charge in [-0.3, -0.25) is 4.98 Å². The first-order chi connectivity index (χ1) is 7.25. The van der Waals surface area contributed by atoms with Crippen molar-refractivity contribution in [2.24, 2.45) is 0 Å². The van der Waals surface area contributed by atoms with Gasteiger partial charge in [0.05, 0.1) is 5.69 Å². The molecule has 0 unspecified atom stereocenters. The lowest BCUT2D eigenvalue weighted by molar-refractivity contribution is 1.27. The minimum absolute atomic E-state index is 0.903. The molecule has 1 aromatic heterocycles. The van der Waals surface area contributed by atoms with E-state index >= 15 is 0 Å². The molecule has 0 fully saturated rings. The molecule has 0 amide bonds. The summed E-state index contributed by atoms with van der Waals surface area (Å²) in [4.78, 5) is 4.14. The minimum Gasteiger partial charge on any atom is -0.256 e. The molecule has 0 atom stereocenters. The van der Waals surface area contributed by atoms with Crippen molar-refractivity contribution >= 4 is 11.6 Å². The summed E-state index contributed by atoms with van der Waals surface area (Å²) in [5.41, 5.74) is 3.00. The molecule has 0 saturated carbocycles. The van der Waals surface area contributed by atoms with E-state index in [1.807, 2.05) is 46.8 Å². The van der Waals surface area contributed by atoms with Gasteiger partial charge < -0.3 is 0 Å². The fourth-order valence-electron chi connectivity index (χ4n) is 0.941. The first-order valence-corrected chi connectivity index (χ1v) is 5.49.